The first-order valence-electron chi connectivity index (χ1n) is 8.20. The van der Waals surface area contributed by atoms with Crippen LogP contribution in [-0.4, -0.2) is 72.3 Å². The van der Waals surface area contributed by atoms with Gasteiger partial charge in [-0.15, -0.1) is 24.8 Å². The average molecular weight is 391 g/mol. The number of carbonyl (C=O) groups excluding carboxylic acids is 2. The fraction of sp³-hybridized carbons (Fsp3) is 0.529. The molecular formula is C17H28Cl2N4O2. The summed E-state index contributed by atoms with van der Waals surface area (Å²) in [5.74, 6) is 0.123. The van der Waals surface area contributed by atoms with Gasteiger partial charge in [-0.3, -0.25) is 14.5 Å². The van der Waals surface area contributed by atoms with Crippen molar-refractivity contribution in [3.05, 3.63) is 29.8 Å². The Morgan fingerprint density at radius 1 is 1.04 bits per heavy atom. The van der Waals surface area contributed by atoms with Crippen molar-refractivity contribution < 1.29 is 9.59 Å². The van der Waals surface area contributed by atoms with Gasteiger partial charge in [-0.2, -0.15) is 0 Å². The predicted molar refractivity (Wildman–Crippen MR) is 106 cm³/mol. The van der Waals surface area contributed by atoms with Crippen LogP contribution >= 0.6 is 24.8 Å². The molecule has 2 N–H and O–H groups in total. The minimum Gasteiger partial charge on any atom is -0.399 e. The summed E-state index contributed by atoms with van der Waals surface area (Å²) in [6, 6.07) is 7.02. The lowest BCUT2D eigenvalue weighted by atomic mass is 10.1. The molecule has 1 fully saturated rings. The smallest absolute Gasteiger partial charge is 0.254 e. The second-order valence-corrected chi connectivity index (χ2v) is 5.76. The summed E-state index contributed by atoms with van der Waals surface area (Å²) < 4.78 is 0. The molecule has 0 radical (unpaired) electrons. The zero-order chi connectivity index (χ0) is 16.8. The Morgan fingerprint density at radius 2 is 1.60 bits per heavy atom. The summed E-state index contributed by atoms with van der Waals surface area (Å²) >= 11 is 0. The van der Waals surface area contributed by atoms with Crippen LogP contribution < -0.4 is 5.73 Å². The van der Waals surface area contributed by atoms with Crippen LogP contribution in [0.4, 0.5) is 5.69 Å². The molecule has 2 rings (SSSR count). The van der Waals surface area contributed by atoms with Crippen molar-refractivity contribution in [3.63, 3.8) is 0 Å². The zero-order valence-electron chi connectivity index (χ0n) is 14.8. The minimum absolute atomic E-state index is 0. The number of benzene rings is 1. The molecule has 0 aromatic heterocycles. The number of rotatable bonds is 5. The Balaban J connectivity index is 0.00000288. The maximum atomic E-state index is 12.5. The van der Waals surface area contributed by atoms with Gasteiger partial charge in [-0.25, -0.2) is 0 Å². The standard InChI is InChI=1S/C17H26N4O2.2ClH/c1-3-19(4-2)13-16(22)20-8-10-21(11-9-20)17(23)14-6-5-7-15(18)12-14;;/h5-7,12H,3-4,8-11,13,18H2,1-2H3;2*1H. The highest BCUT2D eigenvalue weighted by Gasteiger charge is 2.25. The van der Waals surface area contributed by atoms with Crippen molar-refractivity contribution in [2.45, 2.75) is 13.8 Å². The van der Waals surface area contributed by atoms with Crippen LogP contribution in [0.1, 0.15) is 24.2 Å². The Bertz CT molecular complexity index is 559. The summed E-state index contributed by atoms with van der Waals surface area (Å²) in [4.78, 5) is 30.5. The van der Waals surface area contributed by atoms with Gasteiger partial charge in [-0.05, 0) is 31.3 Å². The fourth-order valence-corrected chi connectivity index (χ4v) is 2.75. The number of hydrogen-bond acceptors (Lipinski definition) is 4. The number of carbonyl (C=O) groups is 2. The molecule has 0 atom stereocenters. The van der Waals surface area contributed by atoms with Gasteiger partial charge < -0.3 is 15.5 Å². The third-order valence-corrected chi connectivity index (χ3v) is 4.31. The lowest BCUT2D eigenvalue weighted by Crippen LogP contribution is -2.52. The van der Waals surface area contributed by atoms with Crippen molar-refractivity contribution in [1.29, 1.82) is 0 Å². The molecule has 0 unspecified atom stereocenters. The van der Waals surface area contributed by atoms with Crippen LogP contribution in [0.3, 0.4) is 0 Å². The summed E-state index contributed by atoms with van der Waals surface area (Å²) in [6.45, 7) is 8.62. The molecule has 1 saturated heterocycles. The Kier molecular flexibility index (Phi) is 10.5. The lowest BCUT2D eigenvalue weighted by molar-refractivity contribution is -0.133. The van der Waals surface area contributed by atoms with Crippen molar-refractivity contribution in [2.75, 3.05) is 51.5 Å². The van der Waals surface area contributed by atoms with Gasteiger partial charge in [0.1, 0.15) is 0 Å². The van der Waals surface area contributed by atoms with Gasteiger partial charge in [0, 0.05) is 37.4 Å². The van der Waals surface area contributed by atoms with Gasteiger partial charge in [0.15, 0.2) is 0 Å². The highest BCUT2D eigenvalue weighted by molar-refractivity contribution is 5.95. The molecule has 25 heavy (non-hydrogen) atoms. The topological polar surface area (TPSA) is 69.9 Å². The largest absolute Gasteiger partial charge is 0.399 e. The monoisotopic (exact) mass is 390 g/mol. The van der Waals surface area contributed by atoms with E-state index in [1.807, 2.05) is 4.90 Å². The van der Waals surface area contributed by atoms with Crippen LogP contribution in [0.15, 0.2) is 24.3 Å². The third-order valence-electron chi connectivity index (χ3n) is 4.31. The maximum Gasteiger partial charge on any atom is 0.254 e. The maximum absolute atomic E-state index is 12.5. The Morgan fingerprint density at radius 3 is 2.12 bits per heavy atom. The molecular weight excluding hydrogens is 363 g/mol. The van der Waals surface area contributed by atoms with Gasteiger partial charge >= 0.3 is 0 Å². The average Bonchev–Trinajstić information content (AvgIpc) is 2.59. The summed E-state index contributed by atoms with van der Waals surface area (Å²) in [5.41, 5.74) is 6.92. The van der Waals surface area contributed by atoms with Gasteiger partial charge in [0.2, 0.25) is 5.91 Å². The van der Waals surface area contributed by atoms with E-state index in [9.17, 15) is 9.59 Å². The van der Waals surface area contributed by atoms with Crippen molar-refractivity contribution >= 4 is 42.3 Å². The van der Waals surface area contributed by atoms with Gasteiger partial charge in [0.05, 0.1) is 6.54 Å². The highest BCUT2D eigenvalue weighted by atomic mass is 35.5. The zero-order valence-corrected chi connectivity index (χ0v) is 16.4. The number of nitrogens with two attached hydrogens (primary N) is 1. The number of amides is 2. The SMILES string of the molecule is CCN(CC)CC(=O)N1CCN(C(=O)c2cccc(N)c2)CC1.Cl.Cl. The molecule has 0 spiro atoms. The summed E-state index contributed by atoms with van der Waals surface area (Å²) in [7, 11) is 0. The van der Waals surface area contributed by atoms with E-state index in [1.165, 1.54) is 0 Å². The van der Waals surface area contributed by atoms with Crippen LogP contribution in [-0.2, 0) is 4.79 Å². The number of halogens is 2. The summed E-state index contributed by atoms with van der Waals surface area (Å²) in [5, 5.41) is 0. The molecule has 1 aliphatic rings. The molecule has 0 saturated carbocycles. The Labute approximate surface area is 162 Å². The lowest BCUT2D eigenvalue weighted by Gasteiger charge is -2.35. The number of anilines is 1. The van der Waals surface area contributed by atoms with Crippen LogP contribution in [0, 0.1) is 0 Å². The van der Waals surface area contributed by atoms with E-state index in [1.54, 1.807) is 29.2 Å². The van der Waals surface area contributed by atoms with E-state index in [4.69, 9.17) is 5.73 Å². The molecule has 1 heterocycles. The normalized spacial score (nSPS) is 13.9. The number of nitrogen functional groups attached to an aromatic ring is 1. The molecule has 2 amide bonds. The molecule has 1 aromatic carbocycles. The first-order valence-corrected chi connectivity index (χ1v) is 8.20. The van der Waals surface area contributed by atoms with E-state index < -0.39 is 0 Å². The number of hydrogen-bond donors (Lipinski definition) is 1. The molecule has 0 aliphatic carbocycles. The van der Waals surface area contributed by atoms with Gasteiger partial charge in [-0.1, -0.05) is 19.9 Å². The number of nitrogens with zero attached hydrogens (tertiary/aromatic N) is 3. The first-order chi connectivity index (χ1) is 11.0. The first kappa shape index (κ1) is 23.5. The predicted octanol–water partition coefficient (Wildman–Crippen LogP) is 1.74. The second-order valence-electron chi connectivity index (χ2n) is 5.76. The van der Waals surface area contributed by atoms with Crippen molar-refractivity contribution in [3.8, 4) is 0 Å². The van der Waals surface area contributed by atoms with E-state index in [0.717, 1.165) is 13.1 Å². The van der Waals surface area contributed by atoms with E-state index in [2.05, 4.69) is 18.7 Å². The molecule has 8 heteroatoms. The summed E-state index contributed by atoms with van der Waals surface area (Å²) in [6.07, 6.45) is 0. The number of likely N-dealkylation sites (N-methyl/N-ethyl adjacent to an activating group) is 1. The van der Waals surface area contributed by atoms with E-state index >= 15 is 0 Å². The van der Waals surface area contributed by atoms with Crippen LogP contribution in [0.2, 0.25) is 0 Å². The van der Waals surface area contributed by atoms with Crippen LogP contribution in [0.5, 0.6) is 0 Å². The molecule has 0 bridgehead atoms. The molecule has 1 aromatic rings. The fourth-order valence-electron chi connectivity index (χ4n) is 2.75. The number of piperazine rings is 1. The minimum atomic E-state index is -0.0202. The van der Waals surface area contributed by atoms with Crippen LogP contribution in [0.25, 0.3) is 0 Å². The molecule has 1 aliphatic heterocycles. The van der Waals surface area contributed by atoms with E-state index in [0.29, 0.717) is 44.0 Å². The second kappa shape index (κ2) is 11.2. The molecule has 142 valence electrons. The third kappa shape index (κ3) is 6.38. The van der Waals surface area contributed by atoms with Crippen molar-refractivity contribution in [2.24, 2.45) is 0 Å². The van der Waals surface area contributed by atoms with Gasteiger partial charge in [0.25, 0.3) is 5.91 Å². The van der Waals surface area contributed by atoms with E-state index in [-0.39, 0.29) is 36.6 Å². The molecule has 6 nitrogen and oxygen atoms in total. The quantitative estimate of drug-likeness (QED) is 0.777. The Hall–Kier alpha value is -1.50. The van der Waals surface area contributed by atoms with Crippen molar-refractivity contribution in [1.82, 2.24) is 14.7 Å². The highest BCUT2D eigenvalue weighted by Crippen LogP contribution is 2.12.